The molecule has 2 unspecified atom stereocenters. The summed E-state index contributed by atoms with van der Waals surface area (Å²) < 4.78 is 42.3. The predicted molar refractivity (Wildman–Crippen MR) is 59.5 cm³/mol. The number of hydrogen-bond donors (Lipinski definition) is 0. The lowest BCUT2D eigenvalue weighted by Gasteiger charge is -2.43. The summed E-state index contributed by atoms with van der Waals surface area (Å²) in [6, 6.07) is 0. The third kappa shape index (κ3) is 4.21. The van der Waals surface area contributed by atoms with Crippen molar-refractivity contribution in [3.8, 4) is 12.3 Å². The van der Waals surface area contributed by atoms with Gasteiger partial charge >= 0.3 is 6.18 Å². The highest BCUT2D eigenvalue weighted by Crippen LogP contribution is 2.28. The molecule has 0 spiro atoms. The first-order valence-corrected chi connectivity index (χ1v) is 5.59. The molecular formula is C12H18F3NO. The molecule has 0 aliphatic carbocycles. The van der Waals surface area contributed by atoms with Gasteiger partial charge in [0.25, 0.3) is 0 Å². The van der Waals surface area contributed by atoms with E-state index in [1.807, 2.05) is 18.7 Å². The normalized spacial score (nSPS) is 27.8. The molecule has 1 heterocycles. The van der Waals surface area contributed by atoms with Gasteiger partial charge in [0.1, 0.15) is 0 Å². The third-order valence-corrected chi connectivity index (χ3v) is 2.93. The van der Waals surface area contributed by atoms with Crippen LogP contribution in [0.2, 0.25) is 0 Å². The highest BCUT2D eigenvalue weighted by molar-refractivity contribution is 5.09. The predicted octanol–water partition coefficient (Wildman–Crippen LogP) is 2.44. The zero-order valence-electron chi connectivity index (χ0n) is 10.3. The maximum absolute atomic E-state index is 12.3. The fraction of sp³-hybridized carbons (Fsp3) is 0.833. The minimum atomic E-state index is -4.20. The Kier molecular flexibility index (Phi) is 4.11. The number of rotatable bonds is 2. The number of alkyl halides is 3. The van der Waals surface area contributed by atoms with Crippen LogP contribution in [-0.4, -0.2) is 41.9 Å². The van der Waals surface area contributed by atoms with E-state index in [4.69, 9.17) is 11.2 Å². The third-order valence-electron chi connectivity index (χ3n) is 2.93. The molecule has 0 aromatic rings. The fourth-order valence-electron chi connectivity index (χ4n) is 1.96. The standard InChI is InChI=1S/C12H18F3NO/c1-5-11(3,4)16-7-9(2)17-10(8-16)6-12(13,14)15/h1,9-10H,6-8H2,2-4H3. The number of morpholine rings is 1. The Morgan fingerprint density at radius 2 is 1.94 bits per heavy atom. The van der Waals surface area contributed by atoms with E-state index in [0.29, 0.717) is 6.54 Å². The summed E-state index contributed by atoms with van der Waals surface area (Å²) in [4.78, 5) is 1.87. The summed E-state index contributed by atoms with van der Waals surface area (Å²) in [6.45, 7) is 6.21. The Morgan fingerprint density at radius 1 is 1.35 bits per heavy atom. The summed E-state index contributed by atoms with van der Waals surface area (Å²) in [5.41, 5.74) is -0.540. The first-order chi connectivity index (χ1) is 7.64. The summed E-state index contributed by atoms with van der Waals surface area (Å²) in [5.74, 6) is 2.60. The monoisotopic (exact) mass is 249 g/mol. The van der Waals surface area contributed by atoms with Gasteiger partial charge in [-0.25, -0.2) is 0 Å². The van der Waals surface area contributed by atoms with Crippen molar-refractivity contribution in [1.82, 2.24) is 4.90 Å². The van der Waals surface area contributed by atoms with Crippen molar-refractivity contribution in [1.29, 1.82) is 0 Å². The van der Waals surface area contributed by atoms with Crippen LogP contribution < -0.4 is 0 Å². The van der Waals surface area contributed by atoms with Crippen LogP contribution in [-0.2, 0) is 4.74 Å². The van der Waals surface area contributed by atoms with Crippen molar-refractivity contribution in [2.24, 2.45) is 0 Å². The number of hydrogen-bond acceptors (Lipinski definition) is 2. The molecule has 0 bridgehead atoms. The van der Waals surface area contributed by atoms with Crippen LogP contribution in [0.4, 0.5) is 13.2 Å². The molecule has 2 nitrogen and oxygen atoms in total. The van der Waals surface area contributed by atoms with Gasteiger partial charge in [0.15, 0.2) is 0 Å². The van der Waals surface area contributed by atoms with Gasteiger partial charge in [-0.1, -0.05) is 5.92 Å². The first-order valence-electron chi connectivity index (χ1n) is 5.59. The van der Waals surface area contributed by atoms with Crippen molar-refractivity contribution in [2.45, 2.75) is 51.1 Å². The molecule has 2 atom stereocenters. The van der Waals surface area contributed by atoms with Crippen LogP contribution in [0.15, 0.2) is 0 Å². The van der Waals surface area contributed by atoms with Crippen molar-refractivity contribution in [2.75, 3.05) is 13.1 Å². The minimum absolute atomic E-state index is 0.223. The Balaban J connectivity index is 2.70. The molecule has 98 valence electrons. The second-order valence-electron chi connectivity index (χ2n) is 5.00. The largest absolute Gasteiger partial charge is 0.391 e. The molecule has 1 aliphatic heterocycles. The zero-order valence-corrected chi connectivity index (χ0v) is 10.3. The van der Waals surface area contributed by atoms with Crippen LogP contribution in [0.1, 0.15) is 27.2 Å². The highest BCUT2D eigenvalue weighted by Gasteiger charge is 2.39. The minimum Gasteiger partial charge on any atom is -0.372 e. The molecule has 1 aliphatic rings. The van der Waals surface area contributed by atoms with Crippen molar-refractivity contribution in [3.05, 3.63) is 0 Å². The molecular weight excluding hydrogens is 231 g/mol. The van der Waals surface area contributed by atoms with E-state index in [9.17, 15) is 13.2 Å². The molecule has 1 fully saturated rings. The summed E-state index contributed by atoms with van der Waals surface area (Å²) in [5, 5.41) is 0. The van der Waals surface area contributed by atoms with E-state index in [2.05, 4.69) is 5.92 Å². The van der Waals surface area contributed by atoms with Gasteiger partial charge in [0, 0.05) is 13.1 Å². The molecule has 0 saturated carbocycles. The van der Waals surface area contributed by atoms with Gasteiger partial charge in [-0.15, -0.1) is 6.42 Å². The maximum Gasteiger partial charge on any atom is 0.391 e. The molecule has 17 heavy (non-hydrogen) atoms. The van der Waals surface area contributed by atoms with Crippen LogP contribution >= 0.6 is 0 Å². The van der Waals surface area contributed by atoms with Gasteiger partial charge in [-0.2, -0.15) is 13.2 Å². The average molecular weight is 249 g/mol. The van der Waals surface area contributed by atoms with Crippen LogP contribution in [0.25, 0.3) is 0 Å². The molecule has 0 radical (unpaired) electrons. The van der Waals surface area contributed by atoms with Crippen molar-refractivity contribution >= 4 is 0 Å². The number of nitrogens with zero attached hydrogens (tertiary/aromatic N) is 1. The molecule has 1 rings (SSSR count). The molecule has 5 heteroatoms. The van der Waals surface area contributed by atoms with Crippen LogP contribution in [0.3, 0.4) is 0 Å². The van der Waals surface area contributed by atoms with Gasteiger partial charge in [-0.05, 0) is 20.8 Å². The van der Waals surface area contributed by atoms with E-state index in [-0.39, 0.29) is 12.6 Å². The molecule has 0 aromatic carbocycles. The number of terminal acetylenes is 1. The average Bonchev–Trinajstić information content (AvgIpc) is 2.14. The SMILES string of the molecule is C#CC(C)(C)N1CC(C)OC(CC(F)(F)F)C1. The van der Waals surface area contributed by atoms with E-state index >= 15 is 0 Å². The smallest absolute Gasteiger partial charge is 0.372 e. The zero-order chi connectivity index (χ0) is 13.3. The van der Waals surface area contributed by atoms with Gasteiger partial charge in [0.2, 0.25) is 0 Å². The lowest BCUT2D eigenvalue weighted by Crippen LogP contribution is -2.55. The molecule has 0 N–H and O–H groups in total. The topological polar surface area (TPSA) is 12.5 Å². The van der Waals surface area contributed by atoms with Crippen LogP contribution in [0, 0.1) is 12.3 Å². The van der Waals surface area contributed by atoms with E-state index in [0.717, 1.165) is 0 Å². The van der Waals surface area contributed by atoms with E-state index in [1.165, 1.54) is 0 Å². The Morgan fingerprint density at radius 3 is 2.41 bits per heavy atom. The van der Waals surface area contributed by atoms with Gasteiger partial charge in [-0.3, -0.25) is 4.90 Å². The second-order valence-corrected chi connectivity index (χ2v) is 5.00. The maximum atomic E-state index is 12.3. The van der Waals surface area contributed by atoms with Crippen molar-refractivity contribution < 1.29 is 17.9 Å². The fourth-order valence-corrected chi connectivity index (χ4v) is 1.96. The first kappa shape index (κ1) is 14.3. The van der Waals surface area contributed by atoms with E-state index in [1.54, 1.807) is 6.92 Å². The molecule has 0 aromatic heterocycles. The van der Waals surface area contributed by atoms with Crippen LogP contribution in [0.5, 0.6) is 0 Å². The lowest BCUT2D eigenvalue weighted by molar-refractivity contribution is -0.184. The highest BCUT2D eigenvalue weighted by atomic mass is 19.4. The summed E-state index contributed by atoms with van der Waals surface area (Å²) in [7, 11) is 0. The Hall–Kier alpha value is -0.730. The van der Waals surface area contributed by atoms with E-state index < -0.39 is 24.2 Å². The van der Waals surface area contributed by atoms with Crippen molar-refractivity contribution in [3.63, 3.8) is 0 Å². The quantitative estimate of drug-likeness (QED) is 0.697. The lowest BCUT2D eigenvalue weighted by atomic mass is 10.0. The Labute approximate surface area is 100 Å². The summed E-state index contributed by atoms with van der Waals surface area (Å²) in [6.07, 6.45) is -0.782. The second kappa shape index (κ2) is 4.87. The number of ether oxygens (including phenoxy) is 1. The molecule has 0 amide bonds. The van der Waals surface area contributed by atoms with Gasteiger partial charge < -0.3 is 4.74 Å². The molecule has 1 saturated heterocycles. The Bertz CT molecular complexity index is 306. The van der Waals surface area contributed by atoms with Gasteiger partial charge in [0.05, 0.1) is 24.2 Å². The number of halogens is 3. The summed E-state index contributed by atoms with van der Waals surface area (Å²) >= 11 is 0.